The van der Waals surface area contributed by atoms with Crippen molar-refractivity contribution >= 4 is 0 Å². The number of aromatic nitrogens is 3. The molecular formula is C20H30N4O3. The van der Waals surface area contributed by atoms with Crippen molar-refractivity contribution in [1.82, 2.24) is 19.7 Å². The Morgan fingerprint density at radius 2 is 1.93 bits per heavy atom. The maximum atomic E-state index is 9.25. The van der Waals surface area contributed by atoms with Crippen LogP contribution in [-0.2, 0) is 31.4 Å². The van der Waals surface area contributed by atoms with Gasteiger partial charge in [-0.05, 0) is 63.2 Å². The summed E-state index contributed by atoms with van der Waals surface area (Å²) in [7, 11) is 1.93. The molecule has 4 rings (SSSR count). The Kier molecular flexibility index (Phi) is 5.90. The first-order chi connectivity index (χ1) is 13.2. The summed E-state index contributed by atoms with van der Waals surface area (Å²) in [6.07, 6.45) is 6.84. The lowest BCUT2D eigenvalue weighted by Crippen LogP contribution is -2.34. The lowest BCUT2D eigenvalue weighted by molar-refractivity contribution is 0.000725. The Hall–Kier alpha value is -1.70. The van der Waals surface area contributed by atoms with E-state index in [-0.39, 0.29) is 12.7 Å². The highest BCUT2D eigenvalue weighted by Gasteiger charge is 2.24. The molecule has 2 aromatic rings. The second-order valence-electron chi connectivity index (χ2n) is 7.83. The van der Waals surface area contributed by atoms with Crippen LogP contribution in [0.25, 0.3) is 0 Å². The van der Waals surface area contributed by atoms with Crippen LogP contribution in [0, 0.1) is 5.92 Å². The van der Waals surface area contributed by atoms with Crippen LogP contribution in [0.3, 0.4) is 0 Å². The number of rotatable bonds is 6. The fourth-order valence-corrected chi connectivity index (χ4v) is 4.16. The van der Waals surface area contributed by atoms with Crippen LogP contribution in [0.5, 0.6) is 0 Å². The van der Waals surface area contributed by atoms with Gasteiger partial charge in [-0.25, -0.2) is 0 Å². The van der Waals surface area contributed by atoms with E-state index in [1.807, 2.05) is 11.6 Å². The van der Waals surface area contributed by atoms with Crippen LogP contribution in [0.4, 0.5) is 0 Å². The zero-order valence-electron chi connectivity index (χ0n) is 16.1. The molecule has 0 aromatic carbocycles. The van der Waals surface area contributed by atoms with Gasteiger partial charge in [0.2, 0.25) is 0 Å². The second-order valence-corrected chi connectivity index (χ2v) is 7.83. The van der Waals surface area contributed by atoms with Gasteiger partial charge in [-0.15, -0.1) is 10.2 Å². The van der Waals surface area contributed by atoms with Gasteiger partial charge in [0, 0.05) is 20.1 Å². The molecule has 148 valence electrons. The Morgan fingerprint density at radius 3 is 2.63 bits per heavy atom. The molecule has 0 aliphatic carbocycles. The first-order valence-electron chi connectivity index (χ1n) is 10.1. The average Bonchev–Trinajstić information content (AvgIpc) is 3.31. The van der Waals surface area contributed by atoms with Crippen LogP contribution in [0.1, 0.15) is 61.4 Å². The normalized spacial score (nSPS) is 22.4. The van der Waals surface area contributed by atoms with E-state index in [9.17, 15) is 5.11 Å². The predicted molar refractivity (Wildman–Crippen MR) is 99.9 cm³/mol. The lowest BCUT2D eigenvalue weighted by atomic mass is 9.93. The van der Waals surface area contributed by atoms with Crippen LogP contribution < -0.4 is 0 Å². The predicted octanol–water partition coefficient (Wildman–Crippen LogP) is 2.60. The zero-order valence-corrected chi connectivity index (χ0v) is 16.1. The smallest absolute Gasteiger partial charge is 0.158 e. The fourth-order valence-electron chi connectivity index (χ4n) is 4.16. The number of aliphatic hydroxyl groups is 1. The van der Waals surface area contributed by atoms with Crippen molar-refractivity contribution in [2.24, 2.45) is 13.0 Å². The summed E-state index contributed by atoms with van der Waals surface area (Å²) in [6, 6.07) is 4.19. The molecule has 0 radical (unpaired) electrons. The van der Waals surface area contributed by atoms with E-state index >= 15 is 0 Å². The molecule has 2 fully saturated rings. The lowest BCUT2D eigenvalue weighted by Gasteiger charge is -2.31. The van der Waals surface area contributed by atoms with Crippen LogP contribution in [-0.4, -0.2) is 44.5 Å². The molecule has 7 nitrogen and oxygen atoms in total. The monoisotopic (exact) mass is 374 g/mol. The van der Waals surface area contributed by atoms with E-state index in [4.69, 9.17) is 9.15 Å². The Morgan fingerprint density at radius 1 is 1.11 bits per heavy atom. The van der Waals surface area contributed by atoms with Crippen LogP contribution in [0.2, 0.25) is 0 Å². The molecule has 0 saturated carbocycles. The largest absolute Gasteiger partial charge is 0.462 e. The van der Waals surface area contributed by atoms with Gasteiger partial charge in [0.1, 0.15) is 30.1 Å². The quantitative estimate of drug-likeness (QED) is 0.838. The summed E-state index contributed by atoms with van der Waals surface area (Å²) in [5, 5.41) is 17.5. The topological polar surface area (TPSA) is 76.5 Å². The number of nitrogens with zero attached hydrogens (tertiary/aromatic N) is 4. The minimum absolute atomic E-state index is 0.0566. The van der Waals surface area contributed by atoms with Gasteiger partial charge in [0.15, 0.2) is 5.82 Å². The van der Waals surface area contributed by atoms with Gasteiger partial charge in [-0.2, -0.15) is 0 Å². The molecule has 0 spiro atoms. The van der Waals surface area contributed by atoms with Crippen LogP contribution >= 0.6 is 0 Å². The number of aliphatic hydroxyl groups excluding tert-OH is 1. The number of piperidine rings is 1. The SMILES string of the molecule is Cn1c(CO)nnc1CC1CCN(Cc2ccc([C@@H]3CCCCO3)o2)CC1. The highest BCUT2D eigenvalue weighted by atomic mass is 16.5. The number of hydrogen-bond acceptors (Lipinski definition) is 6. The molecule has 2 aromatic heterocycles. The zero-order chi connectivity index (χ0) is 18.6. The molecule has 1 atom stereocenters. The summed E-state index contributed by atoms with van der Waals surface area (Å²) < 4.78 is 13.8. The Balaban J connectivity index is 1.26. The molecule has 2 aliphatic heterocycles. The fraction of sp³-hybridized carbons (Fsp3) is 0.700. The highest BCUT2D eigenvalue weighted by molar-refractivity contribution is 5.10. The van der Waals surface area contributed by atoms with Gasteiger partial charge in [0.05, 0.1) is 6.54 Å². The van der Waals surface area contributed by atoms with E-state index in [1.165, 1.54) is 6.42 Å². The first-order valence-corrected chi connectivity index (χ1v) is 10.1. The van der Waals surface area contributed by atoms with E-state index < -0.39 is 0 Å². The maximum absolute atomic E-state index is 9.25. The molecule has 0 unspecified atom stereocenters. The van der Waals surface area contributed by atoms with Crippen molar-refractivity contribution in [2.75, 3.05) is 19.7 Å². The first kappa shape index (κ1) is 18.7. The Labute approximate surface area is 160 Å². The molecule has 4 heterocycles. The van der Waals surface area contributed by atoms with Crippen molar-refractivity contribution in [3.8, 4) is 0 Å². The van der Waals surface area contributed by atoms with Gasteiger partial charge in [-0.3, -0.25) is 4.90 Å². The third-order valence-corrected chi connectivity index (χ3v) is 5.93. The number of hydrogen-bond donors (Lipinski definition) is 1. The summed E-state index contributed by atoms with van der Waals surface area (Å²) >= 11 is 0. The minimum Gasteiger partial charge on any atom is -0.462 e. The molecule has 2 saturated heterocycles. The van der Waals surface area contributed by atoms with Crippen molar-refractivity contribution in [1.29, 1.82) is 0 Å². The van der Waals surface area contributed by atoms with Gasteiger partial charge >= 0.3 is 0 Å². The number of ether oxygens (including phenoxy) is 1. The summed E-state index contributed by atoms with van der Waals surface area (Å²) in [4.78, 5) is 2.47. The third kappa shape index (κ3) is 4.42. The summed E-state index contributed by atoms with van der Waals surface area (Å²) in [5.41, 5.74) is 0. The number of furan rings is 1. The Bertz CT molecular complexity index is 727. The maximum Gasteiger partial charge on any atom is 0.158 e. The molecule has 7 heteroatoms. The number of likely N-dealkylation sites (tertiary alicyclic amines) is 1. The molecule has 2 aliphatic rings. The van der Waals surface area contributed by atoms with Crippen molar-refractivity contribution in [3.05, 3.63) is 35.3 Å². The molecule has 0 amide bonds. The van der Waals surface area contributed by atoms with E-state index in [0.717, 1.165) is 75.7 Å². The van der Waals surface area contributed by atoms with E-state index in [0.29, 0.717) is 11.7 Å². The van der Waals surface area contributed by atoms with Gasteiger partial charge in [-0.1, -0.05) is 0 Å². The highest BCUT2D eigenvalue weighted by Crippen LogP contribution is 2.30. The second kappa shape index (κ2) is 8.54. The van der Waals surface area contributed by atoms with Crippen molar-refractivity contribution < 1.29 is 14.3 Å². The summed E-state index contributed by atoms with van der Waals surface area (Å²) in [6.45, 7) is 3.81. The molecular weight excluding hydrogens is 344 g/mol. The van der Waals surface area contributed by atoms with Gasteiger partial charge < -0.3 is 18.8 Å². The van der Waals surface area contributed by atoms with Crippen molar-refractivity contribution in [2.45, 2.75) is 57.8 Å². The molecule has 1 N–H and O–H groups in total. The third-order valence-electron chi connectivity index (χ3n) is 5.93. The molecule has 0 bridgehead atoms. The van der Waals surface area contributed by atoms with E-state index in [2.05, 4.69) is 27.2 Å². The molecule has 27 heavy (non-hydrogen) atoms. The summed E-state index contributed by atoms with van der Waals surface area (Å²) in [5.74, 6) is 4.26. The van der Waals surface area contributed by atoms with E-state index in [1.54, 1.807) is 0 Å². The van der Waals surface area contributed by atoms with Crippen LogP contribution in [0.15, 0.2) is 16.5 Å². The average molecular weight is 374 g/mol. The minimum atomic E-state index is -0.0566. The standard InChI is InChI=1S/C20H30N4O3/c1-23-19(21-22-20(23)14-25)12-15-7-9-24(10-8-15)13-16-5-6-18(27-16)17-4-2-3-11-26-17/h5-6,15,17,25H,2-4,7-14H2,1H3/t17-/m0/s1. The van der Waals surface area contributed by atoms with Crippen molar-refractivity contribution in [3.63, 3.8) is 0 Å². The van der Waals surface area contributed by atoms with Gasteiger partial charge in [0.25, 0.3) is 0 Å².